The maximum atomic E-state index is 13.0. The molecule has 1 aliphatic rings. The summed E-state index contributed by atoms with van der Waals surface area (Å²) in [5.74, 6) is -0.0637. The summed E-state index contributed by atoms with van der Waals surface area (Å²) in [4.78, 5) is 31.4. The third kappa shape index (κ3) is 5.80. The monoisotopic (exact) mass is 458 g/mol. The first kappa shape index (κ1) is 23.4. The van der Waals surface area contributed by atoms with Crippen LogP contribution in [0.5, 0.6) is 0 Å². The fourth-order valence-corrected chi connectivity index (χ4v) is 4.25. The van der Waals surface area contributed by atoms with E-state index in [1.54, 1.807) is 36.7 Å². The number of nitrogens with one attached hydrogen (secondary N) is 1. The summed E-state index contributed by atoms with van der Waals surface area (Å²) in [5.41, 5.74) is 3.45. The maximum absolute atomic E-state index is 13.0. The molecule has 0 radical (unpaired) electrons. The normalized spacial score (nSPS) is 15.2. The van der Waals surface area contributed by atoms with Gasteiger partial charge in [0.2, 0.25) is 0 Å². The standard InChI is InChI=1S/C27H30N4O3/c1-20(18-21-6-4-3-5-7-21)19-30-15-12-23(13-16-30)29-25-26(32)31(17-14-28-25)24-10-8-22(9-11-24)27(33)34-2/h3-11,14,17-18,23H,12-13,15-16,19H2,1-2H3,(H,28,29)/b20-18+. The van der Waals surface area contributed by atoms with Gasteiger partial charge < -0.3 is 10.1 Å². The SMILES string of the molecule is COC(=O)c1ccc(-n2ccnc(NC3CCN(C/C(C)=C/c4ccccc4)CC3)c2=O)cc1. The van der Waals surface area contributed by atoms with Crippen LogP contribution < -0.4 is 10.9 Å². The maximum Gasteiger partial charge on any atom is 0.337 e. The predicted molar refractivity (Wildman–Crippen MR) is 134 cm³/mol. The quantitative estimate of drug-likeness (QED) is 0.540. The Kier molecular flexibility index (Phi) is 7.54. The number of piperidine rings is 1. The summed E-state index contributed by atoms with van der Waals surface area (Å²) in [6.45, 7) is 5.05. The molecule has 1 N–H and O–H groups in total. The Balaban J connectivity index is 1.36. The molecule has 1 aromatic heterocycles. The van der Waals surface area contributed by atoms with E-state index in [0.29, 0.717) is 17.1 Å². The molecule has 7 nitrogen and oxygen atoms in total. The number of aromatic nitrogens is 2. The highest BCUT2D eigenvalue weighted by Gasteiger charge is 2.21. The third-order valence-electron chi connectivity index (χ3n) is 6.02. The third-order valence-corrected chi connectivity index (χ3v) is 6.02. The summed E-state index contributed by atoms with van der Waals surface area (Å²) in [6, 6.07) is 17.3. The average Bonchev–Trinajstić information content (AvgIpc) is 2.86. The van der Waals surface area contributed by atoms with E-state index in [2.05, 4.69) is 52.5 Å². The van der Waals surface area contributed by atoms with Crippen LogP contribution in [0.25, 0.3) is 11.8 Å². The first-order valence-corrected chi connectivity index (χ1v) is 11.5. The topological polar surface area (TPSA) is 76.5 Å². The van der Waals surface area contributed by atoms with Crippen molar-refractivity contribution in [2.75, 3.05) is 32.1 Å². The Morgan fingerprint density at radius 3 is 2.50 bits per heavy atom. The molecule has 2 heterocycles. The highest BCUT2D eigenvalue weighted by Crippen LogP contribution is 2.16. The highest BCUT2D eigenvalue weighted by molar-refractivity contribution is 5.89. The second-order valence-corrected chi connectivity index (χ2v) is 8.59. The van der Waals surface area contributed by atoms with E-state index in [-0.39, 0.29) is 11.6 Å². The number of hydrogen-bond donors (Lipinski definition) is 1. The number of benzene rings is 2. The van der Waals surface area contributed by atoms with Gasteiger partial charge in [-0.25, -0.2) is 9.78 Å². The molecule has 0 aliphatic carbocycles. The smallest absolute Gasteiger partial charge is 0.337 e. The Labute approximate surface area is 199 Å². The number of rotatable bonds is 7. The molecule has 34 heavy (non-hydrogen) atoms. The second-order valence-electron chi connectivity index (χ2n) is 8.59. The van der Waals surface area contributed by atoms with Crippen LogP contribution >= 0.6 is 0 Å². The van der Waals surface area contributed by atoms with Gasteiger partial charge in [0, 0.05) is 43.8 Å². The molecule has 0 amide bonds. The first-order valence-electron chi connectivity index (χ1n) is 11.5. The van der Waals surface area contributed by atoms with Gasteiger partial charge in [-0.05, 0) is 49.6 Å². The number of likely N-dealkylation sites (tertiary alicyclic amines) is 1. The van der Waals surface area contributed by atoms with Crippen LogP contribution in [0.1, 0.15) is 35.7 Å². The zero-order chi connectivity index (χ0) is 23.9. The molecule has 1 saturated heterocycles. The Morgan fingerprint density at radius 1 is 1.12 bits per heavy atom. The van der Waals surface area contributed by atoms with E-state index < -0.39 is 5.97 Å². The highest BCUT2D eigenvalue weighted by atomic mass is 16.5. The van der Waals surface area contributed by atoms with Gasteiger partial charge in [0.05, 0.1) is 12.7 Å². The van der Waals surface area contributed by atoms with Crippen LogP contribution in [0, 0.1) is 0 Å². The number of carbonyl (C=O) groups is 1. The van der Waals surface area contributed by atoms with Crippen molar-refractivity contribution < 1.29 is 9.53 Å². The van der Waals surface area contributed by atoms with Crippen molar-refractivity contribution in [1.29, 1.82) is 0 Å². The average molecular weight is 459 g/mol. The first-order chi connectivity index (χ1) is 16.5. The van der Waals surface area contributed by atoms with Gasteiger partial charge in [-0.2, -0.15) is 0 Å². The molecule has 3 aromatic rings. The van der Waals surface area contributed by atoms with Gasteiger partial charge in [-0.3, -0.25) is 14.3 Å². The lowest BCUT2D eigenvalue weighted by Crippen LogP contribution is -2.41. The van der Waals surface area contributed by atoms with E-state index in [9.17, 15) is 9.59 Å². The van der Waals surface area contributed by atoms with Crippen LogP contribution in [0.15, 0.2) is 77.4 Å². The lowest BCUT2D eigenvalue weighted by atomic mass is 10.0. The minimum Gasteiger partial charge on any atom is -0.465 e. The largest absolute Gasteiger partial charge is 0.465 e. The zero-order valence-corrected chi connectivity index (χ0v) is 19.6. The van der Waals surface area contributed by atoms with E-state index in [4.69, 9.17) is 4.74 Å². The zero-order valence-electron chi connectivity index (χ0n) is 19.6. The van der Waals surface area contributed by atoms with Gasteiger partial charge in [0.1, 0.15) is 0 Å². The number of ether oxygens (including phenoxy) is 1. The molecular weight excluding hydrogens is 428 g/mol. The number of hydrogen-bond acceptors (Lipinski definition) is 6. The Bertz CT molecular complexity index is 1190. The molecule has 4 rings (SSSR count). The van der Waals surface area contributed by atoms with Gasteiger partial charge >= 0.3 is 5.97 Å². The van der Waals surface area contributed by atoms with Crippen LogP contribution in [0.3, 0.4) is 0 Å². The fourth-order valence-electron chi connectivity index (χ4n) is 4.25. The lowest BCUT2D eigenvalue weighted by Gasteiger charge is -2.32. The van der Waals surface area contributed by atoms with Crippen molar-refractivity contribution in [3.8, 4) is 5.69 Å². The molecule has 1 aliphatic heterocycles. The Morgan fingerprint density at radius 2 is 1.82 bits per heavy atom. The summed E-state index contributed by atoms with van der Waals surface area (Å²) < 4.78 is 6.26. The summed E-state index contributed by atoms with van der Waals surface area (Å²) in [6.07, 6.45) is 7.37. The molecule has 176 valence electrons. The minimum atomic E-state index is -0.409. The van der Waals surface area contributed by atoms with Crippen molar-refractivity contribution in [3.63, 3.8) is 0 Å². The van der Waals surface area contributed by atoms with Crippen LogP contribution in [0.2, 0.25) is 0 Å². The molecule has 0 atom stereocenters. The van der Waals surface area contributed by atoms with Gasteiger partial charge in [0.25, 0.3) is 5.56 Å². The van der Waals surface area contributed by atoms with E-state index in [1.807, 2.05) is 6.07 Å². The second kappa shape index (κ2) is 10.9. The van der Waals surface area contributed by atoms with Crippen LogP contribution in [-0.2, 0) is 4.74 Å². The van der Waals surface area contributed by atoms with Crippen molar-refractivity contribution in [1.82, 2.24) is 14.5 Å². The fraction of sp³-hybridized carbons (Fsp3) is 0.296. The number of nitrogens with zero attached hydrogens (tertiary/aromatic N) is 3. The van der Waals surface area contributed by atoms with Crippen molar-refractivity contribution in [3.05, 3.63) is 94.0 Å². The van der Waals surface area contributed by atoms with E-state index in [0.717, 1.165) is 32.5 Å². The van der Waals surface area contributed by atoms with Crippen LogP contribution in [0.4, 0.5) is 5.82 Å². The molecule has 0 bridgehead atoms. The molecule has 7 heteroatoms. The number of anilines is 1. The molecule has 0 unspecified atom stereocenters. The van der Waals surface area contributed by atoms with Crippen molar-refractivity contribution in [2.45, 2.75) is 25.8 Å². The summed E-state index contributed by atoms with van der Waals surface area (Å²) in [7, 11) is 1.34. The van der Waals surface area contributed by atoms with Crippen LogP contribution in [-0.4, -0.2) is 53.2 Å². The molecule has 0 spiro atoms. The number of carbonyl (C=O) groups excluding carboxylic acids is 1. The van der Waals surface area contributed by atoms with Crippen molar-refractivity contribution in [2.24, 2.45) is 0 Å². The van der Waals surface area contributed by atoms with E-state index in [1.165, 1.54) is 22.8 Å². The number of methoxy groups -OCH3 is 1. The predicted octanol–water partition coefficient (Wildman–Crippen LogP) is 4.00. The lowest BCUT2D eigenvalue weighted by molar-refractivity contribution is 0.0600. The van der Waals surface area contributed by atoms with Gasteiger partial charge in [0.15, 0.2) is 5.82 Å². The molecule has 2 aromatic carbocycles. The molecule has 1 fully saturated rings. The van der Waals surface area contributed by atoms with Crippen molar-refractivity contribution >= 4 is 17.9 Å². The summed E-state index contributed by atoms with van der Waals surface area (Å²) >= 11 is 0. The van der Waals surface area contributed by atoms with E-state index >= 15 is 0 Å². The molecular formula is C27H30N4O3. The number of esters is 1. The van der Waals surface area contributed by atoms with Gasteiger partial charge in [-0.1, -0.05) is 42.0 Å². The summed E-state index contributed by atoms with van der Waals surface area (Å²) in [5, 5.41) is 3.35. The minimum absolute atomic E-state index is 0.201. The Hall–Kier alpha value is -3.71. The van der Waals surface area contributed by atoms with Gasteiger partial charge in [-0.15, -0.1) is 0 Å². The molecule has 0 saturated carbocycles.